The average Bonchev–Trinajstić information content (AvgIpc) is 2.42. The largest absolute Gasteiger partial charge is 0.573 e. The van der Waals surface area contributed by atoms with Crippen molar-refractivity contribution in [3.63, 3.8) is 0 Å². The fourth-order valence-corrected chi connectivity index (χ4v) is 1.38. The number of alkyl halides is 3. The number of amides is 1. The van der Waals surface area contributed by atoms with Gasteiger partial charge in [-0.15, -0.1) is 19.8 Å². The Morgan fingerprint density at radius 2 is 2.10 bits per heavy atom. The topological polar surface area (TPSA) is 62.1 Å². The zero-order valence-electron chi connectivity index (χ0n) is 10.8. The minimum absolute atomic E-state index is 0.0277. The molecule has 0 heterocycles. The summed E-state index contributed by atoms with van der Waals surface area (Å²) in [7, 11) is 0. The van der Waals surface area contributed by atoms with E-state index in [4.69, 9.17) is 5.26 Å². The van der Waals surface area contributed by atoms with Crippen LogP contribution in [0.2, 0.25) is 0 Å². The Labute approximate surface area is 119 Å². The highest BCUT2D eigenvalue weighted by molar-refractivity contribution is 6.02. The van der Waals surface area contributed by atoms with Crippen molar-refractivity contribution in [3.05, 3.63) is 48.1 Å². The Morgan fingerprint density at radius 1 is 1.43 bits per heavy atom. The molecular formula is C14H11F3N2O2. The summed E-state index contributed by atoms with van der Waals surface area (Å²) in [6.45, 7) is 3.53. The predicted octanol–water partition coefficient (Wildman–Crippen LogP) is 2.79. The molecule has 0 spiro atoms. The molecule has 0 saturated heterocycles. The quantitative estimate of drug-likeness (QED) is 0.516. The second-order valence-corrected chi connectivity index (χ2v) is 3.75. The van der Waals surface area contributed by atoms with Crippen LogP contribution in [0.25, 0.3) is 6.08 Å². The SMILES string of the molecule is C=CCNC(=O)/C(C#N)=C/c1ccccc1OC(F)(F)F. The second kappa shape index (κ2) is 7.14. The molecule has 0 fully saturated rings. The van der Waals surface area contributed by atoms with Gasteiger partial charge < -0.3 is 10.1 Å². The molecule has 0 saturated carbocycles. The number of nitriles is 1. The van der Waals surface area contributed by atoms with Crippen molar-refractivity contribution in [2.45, 2.75) is 6.36 Å². The van der Waals surface area contributed by atoms with Crippen LogP contribution in [0.5, 0.6) is 5.75 Å². The smallest absolute Gasteiger partial charge is 0.405 e. The van der Waals surface area contributed by atoms with Crippen molar-refractivity contribution in [1.29, 1.82) is 5.26 Å². The van der Waals surface area contributed by atoms with Crippen LogP contribution in [0.3, 0.4) is 0 Å². The van der Waals surface area contributed by atoms with Crippen LogP contribution in [0.4, 0.5) is 13.2 Å². The molecule has 7 heteroatoms. The van der Waals surface area contributed by atoms with Crippen LogP contribution in [0.1, 0.15) is 5.56 Å². The maximum absolute atomic E-state index is 12.3. The number of hydrogen-bond donors (Lipinski definition) is 1. The Morgan fingerprint density at radius 3 is 2.67 bits per heavy atom. The molecule has 0 aliphatic carbocycles. The summed E-state index contributed by atoms with van der Waals surface area (Å²) in [5.41, 5.74) is -0.366. The van der Waals surface area contributed by atoms with E-state index in [1.54, 1.807) is 6.07 Å². The summed E-state index contributed by atoms with van der Waals surface area (Å²) in [5, 5.41) is 11.3. The molecule has 21 heavy (non-hydrogen) atoms. The van der Waals surface area contributed by atoms with Crippen molar-refractivity contribution >= 4 is 12.0 Å². The average molecular weight is 296 g/mol. The van der Waals surface area contributed by atoms with E-state index < -0.39 is 18.0 Å². The molecule has 1 aromatic rings. The van der Waals surface area contributed by atoms with Crippen molar-refractivity contribution in [1.82, 2.24) is 5.32 Å². The Balaban J connectivity index is 3.09. The molecule has 1 N–H and O–H groups in total. The molecule has 0 aromatic heterocycles. The van der Waals surface area contributed by atoms with Crippen molar-refractivity contribution in [2.24, 2.45) is 0 Å². The first-order valence-electron chi connectivity index (χ1n) is 5.73. The highest BCUT2D eigenvalue weighted by atomic mass is 19.4. The van der Waals surface area contributed by atoms with Crippen LogP contribution in [0, 0.1) is 11.3 Å². The molecule has 0 radical (unpaired) electrons. The molecule has 4 nitrogen and oxygen atoms in total. The van der Waals surface area contributed by atoms with E-state index in [9.17, 15) is 18.0 Å². The van der Waals surface area contributed by atoms with E-state index in [1.807, 2.05) is 0 Å². The van der Waals surface area contributed by atoms with Crippen molar-refractivity contribution < 1.29 is 22.7 Å². The van der Waals surface area contributed by atoms with Gasteiger partial charge in [0.25, 0.3) is 5.91 Å². The number of hydrogen-bond acceptors (Lipinski definition) is 3. The number of benzene rings is 1. The van der Waals surface area contributed by atoms with Gasteiger partial charge in [-0.05, 0) is 12.1 Å². The number of carbonyl (C=O) groups excluding carboxylic acids is 1. The molecule has 1 aromatic carbocycles. The zero-order chi connectivity index (χ0) is 15.9. The van der Waals surface area contributed by atoms with Crippen LogP contribution < -0.4 is 10.1 Å². The maximum atomic E-state index is 12.3. The lowest BCUT2D eigenvalue weighted by molar-refractivity contribution is -0.274. The first kappa shape index (κ1) is 16.3. The summed E-state index contributed by atoms with van der Waals surface area (Å²) in [4.78, 5) is 11.6. The van der Waals surface area contributed by atoms with Gasteiger partial charge in [-0.1, -0.05) is 24.3 Å². The van der Waals surface area contributed by atoms with Gasteiger partial charge in [0.1, 0.15) is 17.4 Å². The van der Waals surface area contributed by atoms with E-state index in [0.717, 1.165) is 12.1 Å². The van der Waals surface area contributed by atoms with E-state index in [2.05, 4.69) is 16.6 Å². The standard InChI is InChI=1S/C14H11F3N2O2/c1-2-7-19-13(20)11(9-18)8-10-5-3-4-6-12(10)21-14(15,16)17/h2-6,8H,1,7H2,(H,19,20)/b11-8+. The van der Waals surface area contributed by atoms with Gasteiger partial charge in [0, 0.05) is 12.1 Å². The zero-order valence-corrected chi connectivity index (χ0v) is 10.8. The molecule has 1 rings (SSSR count). The van der Waals surface area contributed by atoms with E-state index >= 15 is 0 Å². The summed E-state index contributed by atoms with van der Waals surface area (Å²) in [6, 6.07) is 6.84. The van der Waals surface area contributed by atoms with Crippen LogP contribution in [0.15, 0.2) is 42.5 Å². The maximum Gasteiger partial charge on any atom is 0.573 e. The van der Waals surface area contributed by atoms with Gasteiger partial charge in [0.2, 0.25) is 0 Å². The molecule has 0 bridgehead atoms. The Bertz CT molecular complexity index is 601. The second-order valence-electron chi connectivity index (χ2n) is 3.75. The first-order valence-corrected chi connectivity index (χ1v) is 5.73. The number of nitrogens with zero attached hydrogens (tertiary/aromatic N) is 1. The number of halogens is 3. The van der Waals surface area contributed by atoms with E-state index in [-0.39, 0.29) is 17.7 Å². The number of ether oxygens (including phenoxy) is 1. The highest BCUT2D eigenvalue weighted by Gasteiger charge is 2.31. The van der Waals surface area contributed by atoms with Crippen LogP contribution >= 0.6 is 0 Å². The third-order valence-corrected chi connectivity index (χ3v) is 2.22. The first-order chi connectivity index (χ1) is 9.87. The molecule has 1 amide bonds. The molecule has 0 aliphatic heterocycles. The van der Waals surface area contributed by atoms with E-state index in [1.165, 1.54) is 24.3 Å². The lowest BCUT2D eigenvalue weighted by atomic mass is 10.1. The van der Waals surface area contributed by atoms with Gasteiger partial charge in [-0.25, -0.2) is 0 Å². The highest BCUT2D eigenvalue weighted by Crippen LogP contribution is 2.27. The fourth-order valence-electron chi connectivity index (χ4n) is 1.38. The fraction of sp³-hybridized carbons (Fsp3) is 0.143. The number of para-hydroxylation sites is 1. The third kappa shape index (κ3) is 5.40. The molecular weight excluding hydrogens is 285 g/mol. The minimum atomic E-state index is -4.86. The summed E-state index contributed by atoms with van der Waals surface area (Å²) < 4.78 is 40.6. The molecule has 0 atom stereocenters. The summed E-state index contributed by atoms with van der Waals surface area (Å²) in [5.74, 6) is -1.20. The summed E-state index contributed by atoms with van der Waals surface area (Å²) in [6.07, 6.45) is -2.42. The van der Waals surface area contributed by atoms with Gasteiger partial charge in [0.05, 0.1) is 0 Å². The lowest BCUT2D eigenvalue weighted by Gasteiger charge is -2.11. The van der Waals surface area contributed by atoms with Gasteiger partial charge in [0.15, 0.2) is 0 Å². The van der Waals surface area contributed by atoms with Crippen LogP contribution in [-0.2, 0) is 4.79 Å². The minimum Gasteiger partial charge on any atom is -0.405 e. The monoisotopic (exact) mass is 296 g/mol. The molecule has 0 unspecified atom stereocenters. The van der Waals surface area contributed by atoms with Gasteiger partial charge >= 0.3 is 6.36 Å². The van der Waals surface area contributed by atoms with Crippen LogP contribution in [-0.4, -0.2) is 18.8 Å². The third-order valence-electron chi connectivity index (χ3n) is 2.22. The lowest BCUT2D eigenvalue weighted by Crippen LogP contribution is -2.24. The van der Waals surface area contributed by atoms with Crippen molar-refractivity contribution in [3.8, 4) is 11.8 Å². The number of nitrogens with one attached hydrogen (secondary N) is 1. The van der Waals surface area contributed by atoms with Gasteiger partial charge in [-0.3, -0.25) is 4.79 Å². The molecule has 0 aliphatic rings. The van der Waals surface area contributed by atoms with Gasteiger partial charge in [-0.2, -0.15) is 5.26 Å². The van der Waals surface area contributed by atoms with E-state index in [0.29, 0.717) is 0 Å². The molecule has 110 valence electrons. The van der Waals surface area contributed by atoms with Crippen molar-refractivity contribution in [2.75, 3.05) is 6.54 Å². The summed E-state index contributed by atoms with van der Waals surface area (Å²) >= 11 is 0. The predicted molar refractivity (Wildman–Crippen MR) is 69.9 cm³/mol. The normalized spacial score (nSPS) is 11.4. The Hall–Kier alpha value is -2.75. The Kier molecular flexibility index (Phi) is 5.55. The number of carbonyl (C=O) groups is 1. The number of rotatable bonds is 5.